The van der Waals surface area contributed by atoms with Gasteiger partial charge in [0, 0.05) is 31.2 Å². The maximum atomic E-state index is 12.2. The van der Waals surface area contributed by atoms with Crippen molar-refractivity contribution in [1.82, 2.24) is 14.8 Å². The lowest BCUT2D eigenvalue weighted by Gasteiger charge is -2.08. The Labute approximate surface area is 133 Å². The van der Waals surface area contributed by atoms with Crippen LogP contribution in [0.2, 0.25) is 0 Å². The maximum absolute atomic E-state index is 12.2. The van der Waals surface area contributed by atoms with Gasteiger partial charge in [0.05, 0.1) is 0 Å². The molecule has 2 aromatic heterocycles. The molecule has 1 N–H and O–H groups in total. The number of nitrogens with zero attached hydrogens (tertiary/aromatic N) is 3. The smallest absolute Gasteiger partial charge is 0.273 e. The minimum absolute atomic E-state index is 0.231. The molecule has 0 unspecified atom stereocenters. The van der Waals surface area contributed by atoms with Gasteiger partial charge in [-0.3, -0.25) is 9.48 Å². The molecule has 6 heteroatoms. The molecule has 0 aliphatic carbocycles. The fourth-order valence-electron chi connectivity index (χ4n) is 2.09. The average Bonchev–Trinajstić information content (AvgIpc) is 3.00. The molecule has 0 saturated carbocycles. The average molecular weight is 308 g/mol. The van der Waals surface area contributed by atoms with Crippen molar-refractivity contribution in [3.05, 3.63) is 72.2 Å². The number of rotatable bonds is 5. The van der Waals surface area contributed by atoms with Crippen LogP contribution in [0, 0.1) is 0 Å². The number of aryl methyl sites for hydroxylation is 1. The monoisotopic (exact) mass is 308 g/mol. The van der Waals surface area contributed by atoms with Crippen LogP contribution in [0.15, 0.2) is 60.9 Å². The van der Waals surface area contributed by atoms with Crippen LogP contribution in [0.4, 0.5) is 5.69 Å². The number of carbonyl (C=O) groups excluding carboxylic acids is 1. The van der Waals surface area contributed by atoms with E-state index in [1.165, 1.54) is 4.68 Å². The molecule has 23 heavy (non-hydrogen) atoms. The van der Waals surface area contributed by atoms with E-state index < -0.39 is 0 Å². The number of carbonyl (C=O) groups is 1. The first-order chi connectivity index (χ1) is 11.2. The third-order valence-electron chi connectivity index (χ3n) is 3.28. The van der Waals surface area contributed by atoms with Crippen molar-refractivity contribution in [2.45, 2.75) is 6.61 Å². The lowest BCUT2D eigenvalue weighted by molar-refractivity contribution is 0.101. The summed E-state index contributed by atoms with van der Waals surface area (Å²) in [6, 6.07) is 14.9. The van der Waals surface area contributed by atoms with Crippen LogP contribution in [0.1, 0.15) is 16.1 Å². The van der Waals surface area contributed by atoms with E-state index >= 15 is 0 Å². The van der Waals surface area contributed by atoms with Gasteiger partial charge >= 0.3 is 0 Å². The van der Waals surface area contributed by atoms with Crippen molar-refractivity contribution in [2.24, 2.45) is 7.05 Å². The van der Waals surface area contributed by atoms with E-state index in [1.807, 2.05) is 30.3 Å². The van der Waals surface area contributed by atoms with E-state index in [0.29, 0.717) is 23.9 Å². The van der Waals surface area contributed by atoms with Gasteiger partial charge in [-0.2, -0.15) is 5.10 Å². The molecular formula is C17H16N4O2. The van der Waals surface area contributed by atoms with E-state index in [1.54, 1.807) is 37.6 Å². The number of hydrogen-bond acceptors (Lipinski definition) is 4. The Morgan fingerprint density at radius 3 is 2.74 bits per heavy atom. The summed E-state index contributed by atoms with van der Waals surface area (Å²) in [6.07, 6.45) is 3.18. The van der Waals surface area contributed by atoms with Gasteiger partial charge in [-0.05, 0) is 17.7 Å². The predicted octanol–water partition coefficient (Wildman–Crippen LogP) is 2.65. The second-order valence-electron chi connectivity index (χ2n) is 4.95. The molecule has 2 heterocycles. The summed E-state index contributed by atoms with van der Waals surface area (Å²) in [4.78, 5) is 16.3. The second-order valence-corrected chi connectivity index (χ2v) is 4.95. The third kappa shape index (κ3) is 3.74. The van der Waals surface area contributed by atoms with Crippen molar-refractivity contribution in [2.75, 3.05) is 5.32 Å². The van der Waals surface area contributed by atoms with Crippen LogP contribution in [0.5, 0.6) is 5.88 Å². The number of pyridine rings is 1. The number of aromatic nitrogens is 3. The fraction of sp³-hybridized carbons (Fsp3) is 0.118. The van der Waals surface area contributed by atoms with Gasteiger partial charge in [-0.15, -0.1) is 0 Å². The van der Waals surface area contributed by atoms with Crippen LogP contribution >= 0.6 is 0 Å². The number of nitrogens with one attached hydrogen (secondary N) is 1. The molecule has 0 atom stereocenters. The molecule has 0 aliphatic rings. The molecule has 1 amide bonds. The SMILES string of the molecule is Cn1nccc1C(=O)Nc1ccnc(OCc2ccccc2)c1. The standard InChI is InChI=1S/C17H16N4O2/c1-21-15(8-10-19-21)17(22)20-14-7-9-18-16(11-14)23-12-13-5-3-2-4-6-13/h2-11H,12H2,1H3,(H,18,20,22). The number of benzene rings is 1. The highest BCUT2D eigenvalue weighted by Crippen LogP contribution is 2.16. The third-order valence-corrected chi connectivity index (χ3v) is 3.28. The summed E-state index contributed by atoms with van der Waals surface area (Å²) in [5.41, 5.74) is 2.15. The predicted molar refractivity (Wildman–Crippen MR) is 86.2 cm³/mol. The molecule has 0 spiro atoms. The van der Waals surface area contributed by atoms with Gasteiger partial charge in [0.2, 0.25) is 5.88 Å². The Kier molecular flexibility index (Phi) is 4.33. The minimum atomic E-state index is -0.231. The summed E-state index contributed by atoms with van der Waals surface area (Å²) >= 11 is 0. The van der Waals surface area contributed by atoms with Crippen LogP contribution in [-0.2, 0) is 13.7 Å². The quantitative estimate of drug-likeness (QED) is 0.786. The lowest BCUT2D eigenvalue weighted by Crippen LogP contribution is -2.16. The summed E-state index contributed by atoms with van der Waals surface area (Å²) in [5.74, 6) is 0.224. The van der Waals surface area contributed by atoms with Crippen molar-refractivity contribution in [3.63, 3.8) is 0 Å². The van der Waals surface area contributed by atoms with Gasteiger partial charge in [-0.1, -0.05) is 30.3 Å². The Bertz CT molecular complexity index is 799. The summed E-state index contributed by atoms with van der Waals surface area (Å²) in [7, 11) is 1.72. The summed E-state index contributed by atoms with van der Waals surface area (Å²) < 4.78 is 7.17. The van der Waals surface area contributed by atoms with Gasteiger partial charge < -0.3 is 10.1 Å². The zero-order chi connectivity index (χ0) is 16.1. The Balaban J connectivity index is 1.65. The number of hydrogen-bond donors (Lipinski definition) is 1. The molecule has 0 saturated heterocycles. The van der Waals surface area contributed by atoms with Crippen molar-refractivity contribution < 1.29 is 9.53 Å². The molecular weight excluding hydrogens is 292 g/mol. The Morgan fingerprint density at radius 2 is 2.00 bits per heavy atom. The van der Waals surface area contributed by atoms with Crippen molar-refractivity contribution >= 4 is 11.6 Å². The minimum Gasteiger partial charge on any atom is -0.473 e. The van der Waals surface area contributed by atoms with Crippen LogP contribution < -0.4 is 10.1 Å². The van der Waals surface area contributed by atoms with Crippen LogP contribution in [0.25, 0.3) is 0 Å². The lowest BCUT2D eigenvalue weighted by atomic mass is 10.2. The second kappa shape index (κ2) is 6.74. The molecule has 1 aromatic carbocycles. The zero-order valence-corrected chi connectivity index (χ0v) is 12.6. The molecule has 3 rings (SSSR count). The molecule has 0 bridgehead atoms. The van der Waals surface area contributed by atoms with Gasteiger partial charge in [0.1, 0.15) is 12.3 Å². The normalized spacial score (nSPS) is 10.3. The zero-order valence-electron chi connectivity index (χ0n) is 12.6. The van der Waals surface area contributed by atoms with Gasteiger partial charge in [-0.25, -0.2) is 4.98 Å². The highest BCUT2D eigenvalue weighted by Gasteiger charge is 2.10. The van der Waals surface area contributed by atoms with E-state index in [4.69, 9.17) is 4.74 Å². The molecule has 116 valence electrons. The van der Waals surface area contributed by atoms with E-state index in [2.05, 4.69) is 15.4 Å². The maximum Gasteiger partial charge on any atom is 0.273 e. The molecule has 6 nitrogen and oxygen atoms in total. The van der Waals surface area contributed by atoms with E-state index in [9.17, 15) is 4.79 Å². The van der Waals surface area contributed by atoms with Crippen molar-refractivity contribution in [1.29, 1.82) is 0 Å². The van der Waals surface area contributed by atoms with Crippen molar-refractivity contribution in [3.8, 4) is 5.88 Å². The molecule has 0 aliphatic heterocycles. The van der Waals surface area contributed by atoms with Gasteiger partial charge in [0.25, 0.3) is 5.91 Å². The number of anilines is 1. The first kappa shape index (κ1) is 14.8. The first-order valence-corrected chi connectivity index (χ1v) is 7.14. The molecule has 0 radical (unpaired) electrons. The first-order valence-electron chi connectivity index (χ1n) is 7.14. The highest BCUT2D eigenvalue weighted by molar-refractivity contribution is 6.03. The number of amides is 1. The van der Waals surface area contributed by atoms with E-state index in [-0.39, 0.29) is 5.91 Å². The molecule has 0 fully saturated rings. The van der Waals surface area contributed by atoms with E-state index in [0.717, 1.165) is 5.56 Å². The largest absolute Gasteiger partial charge is 0.473 e. The molecule has 3 aromatic rings. The van der Waals surface area contributed by atoms with Gasteiger partial charge in [0.15, 0.2) is 0 Å². The Hall–Kier alpha value is -3.15. The topological polar surface area (TPSA) is 69.0 Å². The summed E-state index contributed by atoms with van der Waals surface area (Å²) in [6.45, 7) is 0.424. The number of ether oxygens (including phenoxy) is 1. The highest BCUT2D eigenvalue weighted by atomic mass is 16.5. The Morgan fingerprint density at radius 1 is 1.17 bits per heavy atom. The fourth-order valence-corrected chi connectivity index (χ4v) is 2.09. The summed E-state index contributed by atoms with van der Waals surface area (Å²) in [5, 5.41) is 6.78. The van der Waals surface area contributed by atoms with Crippen LogP contribution in [0.3, 0.4) is 0 Å². The van der Waals surface area contributed by atoms with Crippen LogP contribution in [-0.4, -0.2) is 20.7 Å².